The van der Waals surface area contributed by atoms with Crippen LogP contribution in [0.2, 0.25) is 10.0 Å². The van der Waals surface area contributed by atoms with Crippen molar-refractivity contribution < 1.29 is 18.0 Å². The van der Waals surface area contributed by atoms with Crippen molar-refractivity contribution in [3.63, 3.8) is 0 Å². The predicted octanol–water partition coefficient (Wildman–Crippen LogP) is 3.77. The Morgan fingerprint density at radius 1 is 1.26 bits per heavy atom. The van der Waals surface area contributed by atoms with Crippen LogP contribution in [0, 0.1) is 0 Å². The van der Waals surface area contributed by atoms with Gasteiger partial charge < -0.3 is 5.32 Å². The zero-order valence-electron chi connectivity index (χ0n) is 11.5. The highest BCUT2D eigenvalue weighted by atomic mass is 35.5. The largest absolute Gasteiger partial charge is 0.434 e. The number of rotatable bonds is 4. The molecule has 0 spiro atoms. The second-order valence-electron chi connectivity index (χ2n) is 4.52. The lowest BCUT2D eigenvalue weighted by atomic mass is 10.1. The fraction of sp³-hybridized carbons (Fsp3) is 0.214. The molecule has 2 aromatic rings. The molecule has 0 aliphatic rings. The number of amides is 1. The molecule has 0 bridgehead atoms. The minimum Gasteiger partial charge on any atom is -0.352 e. The first kappa shape index (κ1) is 17.5. The van der Waals surface area contributed by atoms with Crippen molar-refractivity contribution in [1.29, 1.82) is 0 Å². The van der Waals surface area contributed by atoms with Crippen LogP contribution in [0.1, 0.15) is 21.6 Å². The van der Waals surface area contributed by atoms with E-state index in [-0.39, 0.29) is 6.54 Å². The molecular weight excluding hydrogens is 354 g/mol. The van der Waals surface area contributed by atoms with Gasteiger partial charge in [-0.3, -0.25) is 4.79 Å². The first-order valence-electron chi connectivity index (χ1n) is 6.38. The summed E-state index contributed by atoms with van der Waals surface area (Å²) in [5.41, 5.74) is -1.17. The Kier molecular flexibility index (Phi) is 5.43. The summed E-state index contributed by atoms with van der Waals surface area (Å²) >= 11 is 11.7. The molecule has 0 radical (unpaired) electrons. The van der Waals surface area contributed by atoms with E-state index in [1.54, 1.807) is 18.2 Å². The molecule has 0 fully saturated rings. The first-order chi connectivity index (χ1) is 10.8. The van der Waals surface area contributed by atoms with E-state index in [0.29, 0.717) is 16.5 Å². The molecule has 23 heavy (non-hydrogen) atoms. The molecule has 0 saturated carbocycles. The maximum atomic E-state index is 12.8. The maximum absolute atomic E-state index is 12.8. The molecule has 0 saturated heterocycles. The molecule has 4 nitrogen and oxygen atoms in total. The monoisotopic (exact) mass is 363 g/mol. The van der Waals surface area contributed by atoms with Gasteiger partial charge in [0.05, 0.1) is 5.56 Å². The van der Waals surface area contributed by atoms with Crippen LogP contribution in [0.15, 0.2) is 30.7 Å². The third-order valence-corrected chi connectivity index (χ3v) is 3.51. The minimum atomic E-state index is -4.73. The van der Waals surface area contributed by atoms with Gasteiger partial charge in [0, 0.05) is 22.8 Å². The van der Waals surface area contributed by atoms with Gasteiger partial charge in [0.25, 0.3) is 5.91 Å². The highest BCUT2D eigenvalue weighted by Crippen LogP contribution is 2.29. The van der Waals surface area contributed by atoms with Crippen LogP contribution in [-0.4, -0.2) is 22.4 Å². The van der Waals surface area contributed by atoms with Crippen LogP contribution < -0.4 is 5.32 Å². The molecule has 9 heteroatoms. The zero-order chi connectivity index (χ0) is 17.0. The van der Waals surface area contributed by atoms with E-state index in [9.17, 15) is 18.0 Å². The van der Waals surface area contributed by atoms with Gasteiger partial charge in [-0.1, -0.05) is 29.3 Å². The van der Waals surface area contributed by atoms with Crippen LogP contribution in [-0.2, 0) is 12.6 Å². The minimum absolute atomic E-state index is 0.104. The van der Waals surface area contributed by atoms with Crippen molar-refractivity contribution in [2.75, 3.05) is 6.54 Å². The van der Waals surface area contributed by atoms with E-state index >= 15 is 0 Å². The maximum Gasteiger partial charge on any atom is 0.434 e. The summed E-state index contributed by atoms with van der Waals surface area (Å²) in [5, 5.41) is 3.28. The van der Waals surface area contributed by atoms with Crippen molar-refractivity contribution in [2.45, 2.75) is 12.6 Å². The van der Waals surface area contributed by atoms with E-state index in [0.717, 1.165) is 18.1 Å². The van der Waals surface area contributed by atoms with Gasteiger partial charge in [-0.15, -0.1) is 0 Å². The van der Waals surface area contributed by atoms with Crippen molar-refractivity contribution >= 4 is 29.1 Å². The standard InChI is InChI=1S/C14H10Cl2F3N3O/c15-9-2-1-8(11(16)5-9)3-4-21-13(23)10-6-20-7-22-12(10)14(17,18)19/h1-2,5-7H,3-4H2,(H,21,23). The quantitative estimate of drug-likeness (QED) is 0.899. The van der Waals surface area contributed by atoms with E-state index in [4.69, 9.17) is 23.2 Å². The number of alkyl halides is 3. The Morgan fingerprint density at radius 3 is 2.65 bits per heavy atom. The second-order valence-corrected chi connectivity index (χ2v) is 5.37. The normalized spacial score (nSPS) is 11.3. The Balaban J connectivity index is 2.03. The van der Waals surface area contributed by atoms with E-state index < -0.39 is 23.3 Å². The molecule has 0 aliphatic carbocycles. The third-order valence-electron chi connectivity index (χ3n) is 2.92. The van der Waals surface area contributed by atoms with E-state index in [1.807, 2.05) is 0 Å². The summed E-state index contributed by atoms with van der Waals surface area (Å²) in [4.78, 5) is 18.5. The number of carbonyl (C=O) groups is 1. The molecule has 0 atom stereocenters. The van der Waals surface area contributed by atoms with Crippen LogP contribution in [0.5, 0.6) is 0 Å². The smallest absolute Gasteiger partial charge is 0.352 e. The number of hydrogen-bond acceptors (Lipinski definition) is 3. The number of nitrogens with zero attached hydrogens (tertiary/aromatic N) is 2. The van der Waals surface area contributed by atoms with Crippen LogP contribution in [0.4, 0.5) is 13.2 Å². The molecule has 1 N–H and O–H groups in total. The van der Waals surface area contributed by atoms with Crippen LogP contribution in [0.25, 0.3) is 0 Å². The predicted molar refractivity (Wildman–Crippen MR) is 79.5 cm³/mol. The van der Waals surface area contributed by atoms with Crippen molar-refractivity contribution in [1.82, 2.24) is 15.3 Å². The molecular formula is C14H10Cl2F3N3O. The summed E-state index contributed by atoms with van der Waals surface area (Å²) in [5.74, 6) is -0.900. The fourth-order valence-electron chi connectivity index (χ4n) is 1.85. The zero-order valence-corrected chi connectivity index (χ0v) is 13.0. The summed E-state index contributed by atoms with van der Waals surface area (Å²) in [7, 11) is 0. The molecule has 1 amide bonds. The number of nitrogens with one attached hydrogen (secondary N) is 1. The van der Waals surface area contributed by atoms with Crippen LogP contribution >= 0.6 is 23.2 Å². The topological polar surface area (TPSA) is 54.9 Å². The summed E-state index contributed by atoms with van der Waals surface area (Å²) < 4.78 is 38.4. The highest BCUT2D eigenvalue weighted by Gasteiger charge is 2.37. The van der Waals surface area contributed by atoms with Crippen molar-refractivity contribution in [2.24, 2.45) is 0 Å². The molecule has 2 rings (SSSR count). The van der Waals surface area contributed by atoms with E-state index in [2.05, 4.69) is 15.3 Å². The number of hydrogen-bond donors (Lipinski definition) is 1. The average Bonchev–Trinajstić information content (AvgIpc) is 2.48. The summed E-state index contributed by atoms with van der Waals surface area (Å²) in [6.07, 6.45) is -2.81. The average molecular weight is 364 g/mol. The van der Waals surface area contributed by atoms with Gasteiger partial charge in [0.1, 0.15) is 6.33 Å². The Bertz CT molecular complexity index is 723. The number of carbonyl (C=O) groups excluding carboxylic acids is 1. The van der Waals surface area contributed by atoms with Gasteiger partial charge in [0.2, 0.25) is 0 Å². The van der Waals surface area contributed by atoms with Gasteiger partial charge in [-0.05, 0) is 24.1 Å². The molecule has 0 unspecified atom stereocenters. The molecule has 122 valence electrons. The molecule has 1 aromatic heterocycles. The van der Waals surface area contributed by atoms with Gasteiger partial charge in [0.15, 0.2) is 5.69 Å². The highest BCUT2D eigenvalue weighted by molar-refractivity contribution is 6.35. The van der Waals surface area contributed by atoms with Crippen molar-refractivity contribution in [3.05, 3.63) is 57.6 Å². The number of aromatic nitrogens is 2. The Morgan fingerprint density at radius 2 is 2.00 bits per heavy atom. The van der Waals surface area contributed by atoms with Crippen LogP contribution in [0.3, 0.4) is 0 Å². The first-order valence-corrected chi connectivity index (χ1v) is 7.14. The van der Waals surface area contributed by atoms with E-state index in [1.165, 1.54) is 0 Å². The molecule has 0 aliphatic heterocycles. The van der Waals surface area contributed by atoms with Gasteiger partial charge in [-0.2, -0.15) is 13.2 Å². The van der Waals surface area contributed by atoms with Gasteiger partial charge >= 0.3 is 6.18 Å². The Labute approximate surface area is 139 Å². The number of benzene rings is 1. The third kappa shape index (κ3) is 4.56. The summed E-state index contributed by atoms with van der Waals surface area (Å²) in [6, 6.07) is 4.87. The molecule has 1 aromatic carbocycles. The number of halogens is 5. The SMILES string of the molecule is O=C(NCCc1ccc(Cl)cc1Cl)c1cncnc1C(F)(F)F. The second kappa shape index (κ2) is 7.14. The van der Waals surface area contributed by atoms with Gasteiger partial charge in [-0.25, -0.2) is 9.97 Å². The van der Waals surface area contributed by atoms with Crippen molar-refractivity contribution in [3.8, 4) is 0 Å². The summed E-state index contributed by atoms with van der Waals surface area (Å²) in [6.45, 7) is 0.104. The fourth-order valence-corrected chi connectivity index (χ4v) is 2.36. The lowest BCUT2D eigenvalue weighted by molar-refractivity contribution is -0.141. The lowest BCUT2D eigenvalue weighted by Gasteiger charge is -2.11. The molecule has 1 heterocycles. The lowest BCUT2D eigenvalue weighted by Crippen LogP contribution is -2.29. The Hall–Kier alpha value is -1.86.